The SMILES string of the molecule is CCN(CC)c1ccc(C=Nc2ccc(N=Nc3ccc(N=Nc4ccc(C(F)(F)F)cc4)cc3)c3ccccc23)c(O)c1. The minimum atomic E-state index is -4.40. The zero-order valence-corrected chi connectivity index (χ0v) is 24.1. The van der Waals surface area contributed by atoms with E-state index in [0.717, 1.165) is 47.4 Å². The molecule has 0 aromatic heterocycles. The van der Waals surface area contributed by atoms with E-state index in [-0.39, 0.29) is 5.75 Å². The molecule has 7 nitrogen and oxygen atoms in total. The first kappa shape index (κ1) is 30.1. The van der Waals surface area contributed by atoms with Gasteiger partial charge in [-0.2, -0.15) is 28.5 Å². The number of hydrogen-bond acceptors (Lipinski definition) is 7. The number of benzene rings is 5. The summed E-state index contributed by atoms with van der Waals surface area (Å²) < 4.78 is 38.2. The molecule has 44 heavy (non-hydrogen) atoms. The molecule has 1 N–H and O–H groups in total. The Morgan fingerprint density at radius 1 is 0.659 bits per heavy atom. The Balaban J connectivity index is 1.30. The van der Waals surface area contributed by atoms with E-state index in [1.54, 1.807) is 36.5 Å². The zero-order valence-electron chi connectivity index (χ0n) is 24.1. The highest BCUT2D eigenvalue weighted by molar-refractivity contribution is 6.01. The Morgan fingerprint density at radius 3 is 1.73 bits per heavy atom. The number of phenolic OH excluding ortho intramolecular Hbond substituents is 1. The van der Waals surface area contributed by atoms with Gasteiger partial charge in [-0.05, 0) is 86.6 Å². The van der Waals surface area contributed by atoms with E-state index in [9.17, 15) is 18.3 Å². The van der Waals surface area contributed by atoms with Crippen molar-refractivity contribution in [2.75, 3.05) is 18.0 Å². The number of aliphatic imine (C=N–C) groups is 1. The molecule has 0 unspecified atom stereocenters. The van der Waals surface area contributed by atoms with E-state index in [0.29, 0.717) is 28.3 Å². The highest BCUT2D eigenvalue weighted by Crippen LogP contribution is 2.35. The van der Waals surface area contributed by atoms with Gasteiger partial charge in [0.25, 0.3) is 0 Å². The van der Waals surface area contributed by atoms with Crippen LogP contribution in [0.25, 0.3) is 10.8 Å². The van der Waals surface area contributed by atoms with Crippen LogP contribution < -0.4 is 4.90 Å². The molecule has 0 saturated carbocycles. The molecule has 222 valence electrons. The molecular formula is C34H29F3N6O. The van der Waals surface area contributed by atoms with Crippen molar-refractivity contribution < 1.29 is 18.3 Å². The lowest BCUT2D eigenvalue weighted by Gasteiger charge is -2.21. The van der Waals surface area contributed by atoms with Crippen molar-refractivity contribution in [3.05, 3.63) is 114 Å². The molecule has 0 radical (unpaired) electrons. The molecule has 0 spiro atoms. The maximum absolute atomic E-state index is 12.7. The number of anilines is 1. The largest absolute Gasteiger partial charge is 0.507 e. The number of fused-ring (bicyclic) bond motifs is 1. The molecule has 0 fully saturated rings. The number of azo groups is 2. The van der Waals surface area contributed by atoms with Crippen molar-refractivity contribution in [3.63, 3.8) is 0 Å². The number of nitrogens with zero attached hydrogens (tertiary/aromatic N) is 6. The molecule has 0 atom stereocenters. The molecule has 0 aliphatic heterocycles. The fourth-order valence-electron chi connectivity index (χ4n) is 4.56. The van der Waals surface area contributed by atoms with Crippen LogP contribution in [0.5, 0.6) is 5.75 Å². The second kappa shape index (κ2) is 13.3. The summed E-state index contributed by atoms with van der Waals surface area (Å²) in [5, 5.41) is 29.2. The Morgan fingerprint density at radius 2 is 1.18 bits per heavy atom. The number of alkyl halides is 3. The van der Waals surface area contributed by atoms with Crippen LogP contribution in [0.3, 0.4) is 0 Å². The summed E-state index contributed by atoms with van der Waals surface area (Å²) in [6.45, 7) is 5.85. The van der Waals surface area contributed by atoms with Crippen LogP contribution in [0.1, 0.15) is 25.0 Å². The molecular weight excluding hydrogens is 565 g/mol. The predicted molar refractivity (Wildman–Crippen MR) is 169 cm³/mol. The number of aromatic hydroxyl groups is 1. The van der Waals surface area contributed by atoms with Gasteiger partial charge in [-0.3, -0.25) is 4.99 Å². The summed E-state index contributed by atoms with van der Waals surface area (Å²) >= 11 is 0. The standard InChI is InChI=1S/C34H29F3N6O/c1-3-43(4-2)28-18-9-23(33(44)21-28)22-38-31-19-20-32(30-8-6-5-7-29(30)31)42-41-27-16-14-26(15-17-27)40-39-25-12-10-24(11-13-25)34(35,36)37/h5-22,44H,3-4H2,1-2H3. The van der Waals surface area contributed by atoms with Gasteiger partial charge in [-0.25, -0.2) is 0 Å². The lowest BCUT2D eigenvalue weighted by Crippen LogP contribution is -2.21. The number of rotatable bonds is 9. The third-order valence-electron chi connectivity index (χ3n) is 6.96. The van der Waals surface area contributed by atoms with Crippen molar-refractivity contribution in [3.8, 4) is 5.75 Å². The molecule has 0 aliphatic carbocycles. The fourth-order valence-corrected chi connectivity index (χ4v) is 4.56. The predicted octanol–water partition coefficient (Wildman–Crippen LogP) is 11.0. The number of hydrogen-bond donors (Lipinski definition) is 1. The topological polar surface area (TPSA) is 85.3 Å². The van der Waals surface area contributed by atoms with E-state index >= 15 is 0 Å². The molecule has 5 aromatic rings. The van der Waals surface area contributed by atoms with Crippen LogP contribution in [0.15, 0.2) is 129 Å². The van der Waals surface area contributed by atoms with E-state index < -0.39 is 11.7 Å². The van der Waals surface area contributed by atoms with E-state index in [1.165, 1.54) is 12.1 Å². The third kappa shape index (κ3) is 7.15. The molecule has 10 heteroatoms. The molecule has 0 saturated heterocycles. The summed E-state index contributed by atoms with van der Waals surface area (Å²) in [6.07, 6.45) is -2.74. The van der Waals surface area contributed by atoms with Crippen molar-refractivity contribution >= 4 is 51.1 Å². The van der Waals surface area contributed by atoms with Gasteiger partial charge in [0, 0.05) is 47.4 Å². The second-order valence-electron chi connectivity index (χ2n) is 9.78. The number of halogens is 3. The smallest absolute Gasteiger partial charge is 0.416 e. The Kier molecular flexibility index (Phi) is 9.09. The Hall–Kier alpha value is -5.38. The number of phenols is 1. The summed E-state index contributed by atoms with van der Waals surface area (Å²) in [5.41, 5.74) is 3.66. The van der Waals surface area contributed by atoms with Crippen molar-refractivity contribution in [2.24, 2.45) is 25.4 Å². The van der Waals surface area contributed by atoms with Crippen LogP contribution in [-0.2, 0) is 6.18 Å². The van der Waals surface area contributed by atoms with E-state index in [1.807, 2.05) is 48.5 Å². The first-order valence-corrected chi connectivity index (χ1v) is 14.0. The van der Waals surface area contributed by atoms with Crippen LogP contribution in [-0.4, -0.2) is 24.4 Å². The van der Waals surface area contributed by atoms with Crippen LogP contribution in [0, 0.1) is 0 Å². The summed E-state index contributed by atoms with van der Waals surface area (Å²) in [6, 6.07) is 28.4. The van der Waals surface area contributed by atoms with Crippen LogP contribution in [0.4, 0.5) is 47.3 Å². The van der Waals surface area contributed by atoms with Crippen molar-refractivity contribution in [1.29, 1.82) is 0 Å². The summed E-state index contributed by atoms with van der Waals surface area (Å²) in [4.78, 5) is 6.82. The minimum absolute atomic E-state index is 0.167. The van der Waals surface area contributed by atoms with Crippen molar-refractivity contribution in [1.82, 2.24) is 0 Å². The lowest BCUT2D eigenvalue weighted by molar-refractivity contribution is -0.137. The second-order valence-corrected chi connectivity index (χ2v) is 9.78. The van der Waals surface area contributed by atoms with Crippen LogP contribution >= 0.6 is 0 Å². The fraction of sp³-hybridized carbons (Fsp3) is 0.147. The van der Waals surface area contributed by atoms with Crippen molar-refractivity contribution in [2.45, 2.75) is 20.0 Å². The van der Waals surface area contributed by atoms with Gasteiger partial charge >= 0.3 is 6.18 Å². The Labute approximate surface area is 252 Å². The normalized spacial score (nSPS) is 12.2. The molecule has 5 rings (SSSR count). The monoisotopic (exact) mass is 594 g/mol. The highest BCUT2D eigenvalue weighted by atomic mass is 19.4. The average molecular weight is 595 g/mol. The van der Waals surface area contributed by atoms with Gasteiger partial charge in [-0.15, -0.1) is 5.11 Å². The van der Waals surface area contributed by atoms with Gasteiger partial charge in [0.05, 0.1) is 34.0 Å². The maximum Gasteiger partial charge on any atom is 0.416 e. The third-order valence-corrected chi connectivity index (χ3v) is 6.96. The first-order chi connectivity index (χ1) is 21.2. The Bertz CT molecular complexity index is 1830. The quantitative estimate of drug-likeness (QED) is 0.136. The van der Waals surface area contributed by atoms with Gasteiger partial charge in [0.2, 0.25) is 0 Å². The van der Waals surface area contributed by atoms with E-state index in [4.69, 9.17) is 0 Å². The van der Waals surface area contributed by atoms with Gasteiger partial charge in [0.1, 0.15) is 5.75 Å². The minimum Gasteiger partial charge on any atom is -0.507 e. The van der Waals surface area contributed by atoms with Crippen LogP contribution in [0.2, 0.25) is 0 Å². The molecule has 0 aliphatic rings. The van der Waals surface area contributed by atoms with Gasteiger partial charge in [-0.1, -0.05) is 24.3 Å². The highest BCUT2D eigenvalue weighted by Gasteiger charge is 2.29. The van der Waals surface area contributed by atoms with E-state index in [2.05, 4.69) is 44.2 Å². The first-order valence-electron chi connectivity index (χ1n) is 14.0. The average Bonchev–Trinajstić information content (AvgIpc) is 3.03. The summed E-state index contributed by atoms with van der Waals surface area (Å²) in [7, 11) is 0. The maximum atomic E-state index is 12.7. The molecule has 0 amide bonds. The zero-order chi connectivity index (χ0) is 31.1. The summed E-state index contributed by atoms with van der Waals surface area (Å²) in [5.74, 6) is 0.167. The molecule has 0 heterocycles. The van der Waals surface area contributed by atoms with Gasteiger partial charge in [0.15, 0.2) is 0 Å². The molecule has 5 aromatic carbocycles. The van der Waals surface area contributed by atoms with Gasteiger partial charge < -0.3 is 10.0 Å². The molecule has 0 bridgehead atoms. The lowest BCUT2D eigenvalue weighted by atomic mass is 10.1.